The van der Waals surface area contributed by atoms with Crippen molar-refractivity contribution in [3.05, 3.63) is 71.4 Å². The molecule has 0 fully saturated rings. The number of ether oxygens (including phenoxy) is 1. The van der Waals surface area contributed by atoms with Crippen LogP contribution in [0.25, 0.3) is 0 Å². The molecule has 1 heterocycles. The third-order valence-corrected chi connectivity index (χ3v) is 5.36. The van der Waals surface area contributed by atoms with E-state index in [0.29, 0.717) is 22.7 Å². The van der Waals surface area contributed by atoms with Crippen LogP contribution >= 0.6 is 11.6 Å². The Balaban J connectivity index is 1.97. The number of urea groups is 1. The molecule has 0 aliphatic carbocycles. The number of carbonyl (C=O) groups excluding carboxylic acids is 1. The molecule has 0 radical (unpaired) electrons. The molecular formula is C25H21ClF3N7O2. The van der Waals surface area contributed by atoms with E-state index in [1.807, 2.05) is 19.1 Å². The van der Waals surface area contributed by atoms with Crippen molar-refractivity contribution in [3.63, 3.8) is 0 Å². The molecule has 0 N–H and O–H groups in total. The SMILES string of the molecule is CC/C=N\N(/C=C/C#N)C1CN(C(=O)N(CC#N)c2ccc(OC(F)(F)F)cc2)N=C1c1ccc(Cl)cc1. The van der Waals surface area contributed by atoms with E-state index in [9.17, 15) is 23.2 Å². The van der Waals surface area contributed by atoms with Crippen molar-refractivity contribution >= 4 is 35.2 Å². The van der Waals surface area contributed by atoms with E-state index in [0.717, 1.165) is 22.0 Å². The maximum absolute atomic E-state index is 13.5. The molecule has 3 rings (SSSR count). The molecule has 0 saturated heterocycles. The predicted molar refractivity (Wildman–Crippen MR) is 135 cm³/mol. The van der Waals surface area contributed by atoms with Crippen LogP contribution in [0.2, 0.25) is 5.02 Å². The van der Waals surface area contributed by atoms with Gasteiger partial charge in [-0.3, -0.25) is 9.91 Å². The summed E-state index contributed by atoms with van der Waals surface area (Å²) in [6.07, 6.45) is 0.0846. The van der Waals surface area contributed by atoms with Gasteiger partial charge in [0, 0.05) is 34.8 Å². The molecular weight excluding hydrogens is 523 g/mol. The zero-order valence-electron chi connectivity index (χ0n) is 20.0. The topological polar surface area (TPSA) is 108 Å². The van der Waals surface area contributed by atoms with Crippen LogP contribution in [0.4, 0.5) is 23.7 Å². The summed E-state index contributed by atoms with van der Waals surface area (Å²) >= 11 is 6.03. The minimum Gasteiger partial charge on any atom is -0.406 e. The normalized spacial score (nSPS) is 15.3. The zero-order chi connectivity index (χ0) is 27.7. The van der Waals surface area contributed by atoms with Gasteiger partial charge in [-0.05, 0) is 42.8 Å². The number of anilines is 1. The number of alkyl halides is 3. The lowest BCUT2D eigenvalue weighted by molar-refractivity contribution is -0.274. The van der Waals surface area contributed by atoms with E-state index >= 15 is 0 Å². The molecule has 0 saturated carbocycles. The Morgan fingerprint density at radius 1 is 1.24 bits per heavy atom. The highest BCUT2D eigenvalue weighted by atomic mass is 35.5. The number of amides is 2. The maximum Gasteiger partial charge on any atom is 0.573 e. The molecule has 38 heavy (non-hydrogen) atoms. The number of hydrogen-bond acceptors (Lipinski definition) is 7. The Labute approximate surface area is 221 Å². The summed E-state index contributed by atoms with van der Waals surface area (Å²) in [6, 6.07) is 13.9. The van der Waals surface area contributed by atoms with E-state index in [-0.39, 0.29) is 12.2 Å². The van der Waals surface area contributed by atoms with Crippen molar-refractivity contribution in [2.24, 2.45) is 10.2 Å². The summed E-state index contributed by atoms with van der Waals surface area (Å²) in [4.78, 5) is 14.6. The van der Waals surface area contributed by atoms with Gasteiger partial charge < -0.3 is 4.74 Å². The van der Waals surface area contributed by atoms with Gasteiger partial charge in [-0.2, -0.15) is 20.7 Å². The first-order valence-corrected chi connectivity index (χ1v) is 11.6. The summed E-state index contributed by atoms with van der Waals surface area (Å²) in [6.45, 7) is 1.50. The lowest BCUT2D eigenvalue weighted by Gasteiger charge is -2.26. The minimum atomic E-state index is -4.87. The first-order chi connectivity index (χ1) is 18.2. The Kier molecular flexibility index (Phi) is 9.30. The number of nitrogens with zero attached hydrogens (tertiary/aromatic N) is 7. The number of carbonyl (C=O) groups is 1. The minimum absolute atomic E-state index is 0.00477. The van der Waals surface area contributed by atoms with Gasteiger partial charge in [0.2, 0.25) is 0 Å². The fourth-order valence-corrected chi connectivity index (χ4v) is 3.63. The van der Waals surface area contributed by atoms with Crippen molar-refractivity contribution in [1.29, 1.82) is 10.5 Å². The number of nitriles is 2. The summed E-state index contributed by atoms with van der Waals surface area (Å²) in [7, 11) is 0. The highest BCUT2D eigenvalue weighted by molar-refractivity contribution is 6.30. The number of hydrazone groups is 2. The van der Waals surface area contributed by atoms with Gasteiger partial charge in [0.05, 0.1) is 24.4 Å². The molecule has 2 aromatic carbocycles. The largest absolute Gasteiger partial charge is 0.573 e. The number of allylic oxidation sites excluding steroid dienone is 1. The lowest BCUT2D eigenvalue weighted by atomic mass is 10.0. The molecule has 2 amide bonds. The van der Waals surface area contributed by atoms with Crippen LogP contribution in [-0.4, -0.2) is 53.5 Å². The molecule has 1 aliphatic rings. The molecule has 0 bridgehead atoms. The van der Waals surface area contributed by atoms with Gasteiger partial charge in [-0.1, -0.05) is 30.7 Å². The summed E-state index contributed by atoms with van der Waals surface area (Å²) < 4.78 is 41.4. The van der Waals surface area contributed by atoms with Crippen molar-refractivity contribution in [3.8, 4) is 17.9 Å². The van der Waals surface area contributed by atoms with Crippen molar-refractivity contribution < 1.29 is 22.7 Å². The molecule has 13 heteroatoms. The highest BCUT2D eigenvalue weighted by Gasteiger charge is 2.37. The number of benzene rings is 2. The molecule has 1 atom stereocenters. The monoisotopic (exact) mass is 543 g/mol. The molecule has 9 nitrogen and oxygen atoms in total. The van der Waals surface area contributed by atoms with Crippen molar-refractivity contribution in [1.82, 2.24) is 10.0 Å². The van der Waals surface area contributed by atoms with Crippen LogP contribution in [0.15, 0.2) is 71.0 Å². The summed E-state index contributed by atoms with van der Waals surface area (Å²) in [5.41, 5.74) is 1.27. The second-order valence-electron chi connectivity index (χ2n) is 7.69. The van der Waals surface area contributed by atoms with E-state index in [2.05, 4.69) is 14.9 Å². The van der Waals surface area contributed by atoms with Gasteiger partial charge in [-0.25, -0.2) is 9.80 Å². The van der Waals surface area contributed by atoms with Gasteiger partial charge in [0.15, 0.2) is 0 Å². The summed E-state index contributed by atoms with van der Waals surface area (Å²) in [5.74, 6) is -0.469. The molecule has 2 aromatic rings. The number of hydrogen-bond donors (Lipinski definition) is 0. The number of halogens is 4. The predicted octanol–water partition coefficient (Wildman–Crippen LogP) is 5.51. The second-order valence-corrected chi connectivity index (χ2v) is 8.13. The van der Waals surface area contributed by atoms with Crippen LogP contribution in [0.1, 0.15) is 18.9 Å². The Bertz CT molecular complexity index is 1300. The molecule has 0 spiro atoms. The number of rotatable bonds is 8. The fraction of sp³-hybridized carbons (Fsp3) is 0.240. The van der Waals surface area contributed by atoms with E-state index in [4.69, 9.17) is 16.9 Å². The molecule has 1 unspecified atom stereocenters. The van der Waals surface area contributed by atoms with Gasteiger partial charge in [0.1, 0.15) is 18.3 Å². The zero-order valence-corrected chi connectivity index (χ0v) is 20.8. The first-order valence-electron chi connectivity index (χ1n) is 11.2. The maximum atomic E-state index is 13.5. The third-order valence-electron chi connectivity index (χ3n) is 5.11. The Morgan fingerprint density at radius 2 is 1.92 bits per heavy atom. The quantitative estimate of drug-likeness (QED) is 0.189. The fourth-order valence-electron chi connectivity index (χ4n) is 3.50. The average molecular weight is 544 g/mol. The van der Waals surface area contributed by atoms with Crippen molar-refractivity contribution in [2.45, 2.75) is 25.7 Å². The van der Waals surface area contributed by atoms with Crippen LogP contribution in [0, 0.1) is 22.7 Å². The van der Waals surface area contributed by atoms with E-state index in [1.54, 1.807) is 30.5 Å². The second kappa shape index (κ2) is 12.6. The average Bonchev–Trinajstić information content (AvgIpc) is 3.32. The molecule has 1 aliphatic heterocycles. The van der Waals surface area contributed by atoms with Gasteiger partial charge >= 0.3 is 12.4 Å². The van der Waals surface area contributed by atoms with E-state index in [1.165, 1.54) is 29.4 Å². The van der Waals surface area contributed by atoms with Crippen LogP contribution in [0.5, 0.6) is 5.75 Å². The van der Waals surface area contributed by atoms with Gasteiger partial charge in [0.25, 0.3) is 0 Å². The highest BCUT2D eigenvalue weighted by Crippen LogP contribution is 2.27. The van der Waals surface area contributed by atoms with E-state index < -0.39 is 30.7 Å². The molecule has 0 aromatic heterocycles. The van der Waals surface area contributed by atoms with Crippen LogP contribution in [-0.2, 0) is 0 Å². The van der Waals surface area contributed by atoms with Gasteiger partial charge in [-0.15, -0.1) is 13.2 Å². The standard InChI is InChI=1S/C25H21ClF3N7O2/c1-2-14-32-35(15-3-12-30)22-17-36(33-23(22)18-4-6-19(26)7-5-18)24(37)34(16-13-31)20-8-10-21(11-9-20)38-25(27,28)29/h3-11,14-15,22H,2,16-17H2,1H3/b15-3+,32-14-. The third kappa shape index (κ3) is 7.24. The smallest absolute Gasteiger partial charge is 0.406 e. The molecule has 196 valence electrons. The van der Waals surface area contributed by atoms with Crippen LogP contribution < -0.4 is 9.64 Å². The lowest BCUT2D eigenvalue weighted by Crippen LogP contribution is -2.43. The van der Waals surface area contributed by atoms with Crippen molar-refractivity contribution in [2.75, 3.05) is 18.0 Å². The Hall–Kier alpha value is -4.55. The summed E-state index contributed by atoms with van der Waals surface area (Å²) in [5, 5.41) is 30.4. The Morgan fingerprint density at radius 3 is 2.50 bits per heavy atom. The van der Waals surface area contributed by atoms with Crippen LogP contribution in [0.3, 0.4) is 0 Å². The first kappa shape index (κ1) is 28.0.